The largest absolute Gasteiger partial charge is 0.496 e. The molecule has 1 aromatic heterocycles. The number of rotatable bonds is 3. The minimum absolute atomic E-state index is 0.195. The van der Waals surface area contributed by atoms with Crippen molar-refractivity contribution in [1.29, 1.82) is 0 Å². The van der Waals surface area contributed by atoms with Crippen LogP contribution in [0.3, 0.4) is 0 Å². The third-order valence-corrected chi connectivity index (χ3v) is 2.78. The Balaban J connectivity index is 2.58. The second-order valence-electron chi connectivity index (χ2n) is 4.73. The van der Waals surface area contributed by atoms with Gasteiger partial charge < -0.3 is 10.5 Å². The van der Waals surface area contributed by atoms with Gasteiger partial charge in [-0.2, -0.15) is 9.97 Å². The first-order valence-corrected chi connectivity index (χ1v) is 6.17. The Morgan fingerprint density at radius 3 is 2.53 bits per heavy atom. The Morgan fingerprint density at radius 1 is 1.16 bits per heavy atom. The highest BCUT2D eigenvalue weighted by Gasteiger charge is 2.13. The highest BCUT2D eigenvalue weighted by atomic mass is 16.5. The summed E-state index contributed by atoms with van der Waals surface area (Å²) in [5.74, 6) is 2.40. The molecule has 5 nitrogen and oxygen atoms in total. The van der Waals surface area contributed by atoms with Gasteiger partial charge in [0.15, 0.2) is 5.82 Å². The standard InChI is InChI=1S/C14H18N4O/c1-8(2)12-16-13(18-14(15)17-12)10-6-5-9(3)7-11(10)19-4/h5-8H,1-4H3,(H2,15,16,17,18). The number of nitrogen functional groups attached to an aromatic ring is 1. The highest BCUT2D eigenvalue weighted by Crippen LogP contribution is 2.29. The average molecular weight is 258 g/mol. The number of aromatic nitrogens is 3. The first-order chi connectivity index (χ1) is 9.01. The van der Waals surface area contributed by atoms with Crippen LogP contribution in [0.4, 0.5) is 5.95 Å². The summed E-state index contributed by atoms with van der Waals surface area (Å²) in [6.07, 6.45) is 0. The van der Waals surface area contributed by atoms with Gasteiger partial charge in [0.25, 0.3) is 0 Å². The van der Waals surface area contributed by atoms with E-state index in [4.69, 9.17) is 10.5 Å². The Bertz CT molecular complexity index is 596. The monoisotopic (exact) mass is 258 g/mol. The molecule has 0 spiro atoms. The third kappa shape index (κ3) is 2.81. The molecule has 2 rings (SSSR count). The van der Waals surface area contributed by atoms with Gasteiger partial charge in [-0.1, -0.05) is 19.9 Å². The minimum atomic E-state index is 0.195. The molecule has 0 saturated heterocycles. The van der Waals surface area contributed by atoms with Crippen molar-refractivity contribution in [2.24, 2.45) is 0 Å². The summed E-state index contributed by atoms with van der Waals surface area (Å²) in [5, 5.41) is 0. The Kier molecular flexibility index (Phi) is 3.64. The van der Waals surface area contributed by atoms with Crippen molar-refractivity contribution < 1.29 is 4.74 Å². The molecule has 0 aliphatic rings. The maximum atomic E-state index is 5.75. The van der Waals surface area contributed by atoms with E-state index in [0.29, 0.717) is 11.6 Å². The minimum Gasteiger partial charge on any atom is -0.496 e. The number of hydrogen-bond acceptors (Lipinski definition) is 5. The molecule has 0 saturated carbocycles. The fourth-order valence-corrected chi connectivity index (χ4v) is 1.77. The van der Waals surface area contributed by atoms with Crippen LogP contribution in [0.25, 0.3) is 11.4 Å². The molecule has 0 aliphatic carbocycles. The van der Waals surface area contributed by atoms with Gasteiger partial charge in [-0.15, -0.1) is 0 Å². The summed E-state index contributed by atoms with van der Waals surface area (Å²) in [5.41, 5.74) is 7.69. The fourth-order valence-electron chi connectivity index (χ4n) is 1.77. The number of nitrogens with two attached hydrogens (primary N) is 1. The Labute approximate surface area is 112 Å². The van der Waals surface area contributed by atoms with E-state index in [1.54, 1.807) is 7.11 Å². The van der Waals surface area contributed by atoms with Crippen LogP contribution in [0, 0.1) is 6.92 Å². The lowest BCUT2D eigenvalue weighted by atomic mass is 10.1. The summed E-state index contributed by atoms with van der Waals surface area (Å²) in [6.45, 7) is 6.05. The molecule has 0 fully saturated rings. The molecule has 0 bridgehead atoms. The van der Waals surface area contributed by atoms with Gasteiger partial charge in [-0.3, -0.25) is 0 Å². The van der Waals surface area contributed by atoms with E-state index >= 15 is 0 Å². The zero-order chi connectivity index (χ0) is 14.0. The number of ether oxygens (including phenoxy) is 1. The number of benzene rings is 1. The predicted octanol–water partition coefficient (Wildman–Crippen LogP) is 2.56. The van der Waals surface area contributed by atoms with Gasteiger partial charge in [0.05, 0.1) is 12.7 Å². The highest BCUT2D eigenvalue weighted by molar-refractivity contribution is 5.65. The molecule has 0 aliphatic heterocycles. The zero-order valence-electron chi connectivity index (χ0n) is 11.6. The number of aryl methyl sites for hydroxylation is 1. The molecule has 0 amide bonds. The van der Waals surface area contributed by atoms with E-state index in [9.17, 15) is 0 Å². The van der Waals surface area contributed by atoms with E-state index < -0.39 is 0 Å². The summed E-state index contributed by atoms with van der Waals surface area (Å²) in [6, 6.07) is 5.88. The van der Waals surface area contributed by atoms with Crippen molar-refractivity contribution in [2.75, 3.05) is 12.8 Å². The summed E-state index contributed by atoms with van der Waals surface area (Å²) in [7, 11) is 1.63. The van der Waals surface area contributed by atoms with Crippen molar-refractivity contribution in [3.8, 4) is 17.1 Å². The van der Waals surface area contributed by atoms with E-state index in [-0.39, 0.29) is 11.9 Å². The normalized spacial score (nSPS) is 10.8. The molecule has 1 aromatic carbocycles. The fraction of sp³-hybridized carbons (Fsp3) is 0.357. The summed E-state index contributed by atoms with van der Waals surface area (Å²) >= 11 is 0. The number of methoxy groups -OCH3 is 1. The van der Waals surface area contributed by atoms with Crippen LogP contribution in [0.15, 0.2) is 18.2 Å². The van der Waals surface area contributed by atoms with Crippen molar-refractivity contribution in [1.82, 2.24) is 15.0 Å². The van der Waals surface area contributed by atoms with Crippen molar-refractivity contribution in [3.63, 3.8) is 0 Å². The van der Waals surface area contributed by atoms with Gasteiger partial charge in [-0.05, 0) is 24.6 Å². The van der Waals surface area contributed by atoms with Crippen molar-refractivity contribution in [2.45, 2.75) is 26.7 Å². The molecule has 1 heterocycles. The molecule has 100 valence electrons. The lowest BCUT2D eigenvalue weighted by Gasteiger charge is -2.10. The quantitative estimate of drug-likeness (QED) is 0.915. The van der Waals surface area contributed by atoms with E-state index in [0.717, 1.165) is 16.9 Å². The van der Waals surface area contributed by atoms with Gasteiger partial charge >= 0.3 is 0 Å². The van der Waals surface area contributed by atoms with Crippen LogP contribution in [0.2, 0.25) is 0 Å². The molecule has 0 unspecified atom stereocenters. The van der Waals surface area contributed by atoms with Crippen LogP contribution in [-0.2, 0) is 0 Å². The lowest BCUT2D eigenvalue weighted by Crippen LogP contribution is -2.06. The smallest absolute Gasteiger partial charge is 0.223 e. The number of anilines is 1. The Hall–Kier alpha value is -2.17. The Morgan fingerprint density at radius 2 is 1.89 bits per heavy atom. The van der Waals surface area contributed by atoms with E-state index in [1.807, 2.05) is 39.0 Å². The van der Waals surface area contributed by atoms with Gasteiger partial charge in [0, 0.05) is 5.92 Å². The third-order valence-electron chi connectivity index (χ3n) is 2.78. The first kappa shape index (κ1) is 13.3. The molecule has 2 aromatic rings. The lowest BCUT2D eigenvalue weighted by molar-refractivity contribution is 0.416. The molecule has 2 N–H and O–H groups in total. The van der Waals surface area contributed by atoms with E-state index in [2.05, 4.69) is 15.0 Å². The second kappa shape index (κ2) is 5.22. The summed E-state index contributed by atoms with van der Waals surface area (Å²) < 4.78 is 5.38. The molecular formula is C14H18N4O. The molecule has 0 atom stereocenters. The van der Waals surface area contributed by atoms with Gasteiger partial charge in [-0.25, -0.2) is 4.98 Å². The van der Waals surface area contributed by atoms with Crippen LogP contribution in [0.1, 0.15) is 31.2 Å². The first-order valence-electron chi connectivity index (χ1n) is 6.17. The topological polar surface area (TPSA) is 73.9 Å². The number of nitrogens with zero attached hydrogens (tertiary/aromatic N) is 3. The SMILES string of the molecule is COc1cc(C)ccc1-c1nc(N)nc(C(C)C)n1. The molecule has 5 heteroatoms. The van der Waals surface area contributed by atoms with Gasteiger partial charge in [0.2, 0.25) is 5.95 Å². The molecular weight excluding hydrogens is 240 g/mol. The van der Waals surface area contributed by atoms with Crippen molar-refractivity contribution >= 4 is 5.95 Å². The van der Waals surface area contributed by atoms with Crippen molar-refractivity contribution in [3.05, 3.63) is 29.6 Å². The maximum Gasteiger partial charge on any atom is 0.223 e. The average Bonchev–Trinajstić information content (AvgIpc) is 2.37. The van der Waals surface area contributed by atoms with Crippen LogP contribution in [0.5, 0.6) is 5.75 Å². The second-order valence-corrected chi connectivity index (χ2v) is 4.73. The zero-order valence-corrected chi connectivity index (χ0v) is 11.6. The summed E-state index contributed by atoms with van der Waals surface area (Å²) in [4.78, 5) is 12.8. The van der Waals surface area contributed by atoms with E-state index in [1.165, 1.54) is 0 Å². The molecule has 19 heavy (non-hydrogen) atoms. The predicted molar refractivity (Wildman–Crippen MR) is 75.1 cm³/mol. The maximum absolute atomic E-state index is 5.75. The van der Waals surface area contributed by atoms with Crippen LogP contribution in [-0.4, -0.2) is 22.1 Å². The number of hydrogen-bond donors (Lipinski definition) is 1. The van der Waals surface area contributed by atoms with Crippen LogP contribution < -0.4 is 10.5 Å². The van der Waals surface area contributed by atoms with Gasteiger partial charge in [0.1, 0.15) is 11.6 Å². The molecule has 0 radical (unpaired) electrons. The van der Waals surface area contributed by atoms with Crippen LogP contribution >= 0.6 is 0 Å².